The van der Waals surface area contributed by atoms with Crippen LogP contribution in [-0.2, 0) is 13.1 Å². The van der Waals surface area contributed by atoms with E-state index >= 15 is 0 Å². The van der Waals surface area contributed by atoms with E-state index in [9.17, 15) is 0 Å². The molecular weight excluding hydrogens is 272 g/mol. The molecule has 0 atom stereocenters. The molecule has 0 spiro atoms. The van der Waals surface area contributed by atoms with E-state index in [4.69, 9.17) is 4.42 Å². The molecule has 0 saturated heterocycles. The Balaban J connectivity index is 1.75. The highest BCUT2D eigenvalue weighted by Gasteiger charge is 2.04. The Morgan fingerprint density at radius 1 is 0.773 bits per heavy atom. The average Bonchev–Trinajstić information content (AvgIpc) is 3.08. The SMILES string of the molecule is C(=N/N(Cc1ccccc1)Cc1ccccc1)/c1ccco1. The Kier molecular flexibility index (Phi) is 4.67. The highest BCUT2D eigenvalue weighted by molar-refractivity contribution is 5.75. The van der Waals surface area contributed by atoms with Gasteiger partial charge in [0.2, 0.25) is 0 Å². The molecule has 0 N–H and O–H groups in total. The molecule has 0 bridgehead atoms. The predicted octanol–water partition coefficient (Wildman–Crippen LogP) is 4.32. The number of hydrogen-bond donors (Lipinski definition) is 0. The van der Waals surface area contributed by atoms with Crippen LogP contribution in [0.25, 0.3) is 0 Å². The van der Waals surface area contributed by atoms with E-state index in [0.29, 0.717) is 0 Å². The van der Waals surface area contributed by atoms with Gasteiger partial charge in [-0.3, -0.25) is 5.01 Å². The molecule has 0 amide bonds. The summed E-state index contributed by atoms with van der Waals surface area (Å²) in [7, 11) is 0. The monoisotopic (exact) mass is 290 g/mol. The summed E-state index contributed by atoms with van der Waals surface area (Å²) >= 11 is 0. The maximum absolute atomic E-state index is 5.31. The molecule has 0 aliphatic heterocycles. The van der Waals surface area contributed by atoms with Crippen LogP contribution in [-0.4, -0.2) is 11.2 Å². The molecule has 0 aliphatic rings. The van der Waals surface area contributed by atoms with Gasteiger partial charge >= 0.3 is 0 Å². The van der Waals surface area contributed by atoms with Crippen LogP contribution in [0.4, 0.5) is 0 Å². The van der Waals surface area contributed by atoms with Gasteiger partial charge in [-0.1, -0.05) is 60.7 Å². The Morgan fingerprint density at radius 2 is 1.36 bits per heavy atom. The van der Waals surface area contributed by atoms with E-state index < -0.39 is 0 Å². The maximum atomic E-state index is 5.31. The predicted molar refractivity (Wildman–Crippen MR) is 88.4 cm³/mol. The summed E-state index contributed by atoms with van der Waals surface area (Å²) in [5.74, 6) is 0.756. The summed E-state index contributed by atoms with van der Waals surface area (Å²) < 4.78 is 5.31. The van der Waals surface area contributed by atoms with Gasteiger partial charge in [0.15, 0.2) is 0 Å². The minimum atomic E-state index is 0.756. The zero-order valence-corrected chi connectivity index (χ0v) is 12.3. The van der Waals surface area contributed by atoms with Crippen molar-refractivity contribution >= 4 is 6.21 Å². The molecule has 1 aromatic heterocycles. The smallest absolute Gasteiger partial charge is 0.146 e. The van der Waals surface area contributed by atoms with Crippen molar-refractivity contribution < 1.29 is 4.42 Å². The summed E-state index contributed by atoms with van der Waals surface area (Å²) in [4.78, 5) is 0. The molecule has 1 heterocycles. The van der Waals surface area contributed by atoms with Crippen LogP contribution in [0.1, 0.15) is 16.9 Å². The van der Waals surface area contributed by atoms with E-state index in [0.717, 1.165) is 18.8 Å². The van der Waals surface area contributed by atoms with Gasteiger partial charge in [0, 0.05) is 0 Å². The van der Waals surface area contributed by atoms with Gasteiger partial charge in [0.25, 0.3) is 0 Å². The molecule has 0 saturated carbocycles. The van der Waals surface area contributed by atoms with Crippen LogP contribution in [0.15, 0.2) is 88.6 Å². The number of hydrazone groups is 1. The second-order valence-electron chi connectivity index (χ2n) is 5.05. The van der Waals surface area contributed by atoms with Crippen molar-refractivity contribution in [3.05, 3.63) is 95.9 Å². The highest BCUT2D eigenvalue weighted by atomic mass is 16.3. The first kappa shape index (κ1) is 14.1. The van der Waals surface area contributed by atoms with Crippen LogP contribution in [0, 0.1) is 0 Å². The third kappa shape index (κ3) is 4.09. The summed E-state index contributed by atoms with van der Waals surface area (Å²) in [6.07, 6.45) is 3.41. The van der Waals surface area contributed by atoms with E-state index in [-0.39, 0.29) is 0 Å². The van der Waals surface area contributed by atoms with Crippen molar-refractivity contribution in [1.82, 2.24) is 5.01 Å². The summed E-state index contributed by atoms with van der Waals surface area (Å²) in [5.41, 5.74) is 2.46. The quantitative estimate of drug-likeness (QED) is 0.500. The zero-order chi connectivity index (χ0) is 15.0. The summed E-state index contributed by atoms with van der Waals surface area (Å²) in [6, 6.07) is 24.4. The first-order valence-electron chi connectivity index (χ1n) is 7.30. The first-order chi connectivity index (χ1) is 10.9. The second-order valence-corrected chi connectivity index (χ2v) is 5.05. The van der Waals surface area contributed by atoms with Crippen LogP contribution in [0.2, 0.25) is 0 Å². The molecule has 3 heteroatoms. The maximum Gasteiger partial charge on any atom is 0.146 e. The van der Waals surface area contributed by atoms with E-state index in [1.165, 1.54) is 11.1 Å². The van der Waals surface area contributed by atoms with Gasteiger partial charge in [-0.2, -0.15) is 5.10 Å². The highest BCUT2D eigenvalue weighted by Crippen LogP contribution is 2.10. The number of rotatable bonds is 6. The van der Waals surface area contributed by atoms with Gasteiger partial charge < -0.3 is 4.42 Å². The van der Waals surface area contributed by atoms with E-state index in [1.54, 1.807) is 12.5 Å². The third-order valence-electron chi connectivity index (χ3n) is 3.31. The Morgan fingerprint density at radius 3 is 1.86 bits per heavy atom. The molecule has 0 fully saturated rings. The number of furan rings is 1. The van der Waals surface area contributed by atoms with E-state index in [1.807, 2.05) is 53.5 Å². The van der Waals surface area contributed by atoms with Crippen LogP contribution >= 0.6 is 0 Å². The Bertz CT molecular complexity index is 649. The van der Waals surface area contributed by atoms with Gasteiger partial charge in [-0.25, -0.2) is 0 Å². The van der Waals surface area contributed by atoms with Crippen molar-refractivity contribution in [2.24, 2.45) is 5.10 Å². The molecule has 3 nitrogen and oxygen atoms in total. The zero-order valence-electron chi connectivity index (χ0n) is 12.3. The van der Waals surface area contributed by atoms with Gasteiger partial charge in [0.05, 0.1) is 25.6 Å². The summed E-state index contributed by atoms with van der Waals surface area (Å²) in [5, 5.41) is 6.61. The van der Waals surface area contributed by atoms with Crippen LogP contribution in [0.5, 0.6) is 0 Å². The molecular formula is C19H18N2O. The normalized spacial score (nSPS) is 10.9. The Hall–Kier alpha value is -2.81. The van der Waals surface area contributed by atoms with Crippen molar-refractivity contribution in [2.45, 2.75) is 13.1 Å². The average molecular weight is 290 g/mol. The summed E-state index contributed by atoms with van der Waals surface area (Å²) in [6.45, 7) is 1.51. The van der Waals surface area contributed by atoms with Gasteiger partial charge in [0.1, 0.15) is 5.76 Å². The number of benzene rings is 2. The Labute approximate surface area is 130 Å². The fourth-order valence-corrected chi connectivity index (χ4v) is 2.23. The first-order valence-corrected chi connectivity index (χ1v) is 7.30. The lowest BCUT2D eigenvalue weighted by molar-refractivity contribution is 0.272. The van der Waals surface area contributed by atoms with Gasteiger partial charge in [-0.05, 0) is 23.3 Å². The standard InChI is InChI=1S/C19H18N2O/c1-3-8-17(9-4-1)15-21(16-18-10-5-2-6-11-18)20-14-19-12-7-13-22-19/h1-14H,15-16H2/b20-14-. The van der Waals surface area contributed by atoms with Crippen LogP contribution in [0.3, 0.4) is 0 Å². The topological polar surface area (TPSA) is 28.7 Å². The largest absolute Gasteiger partial charge is 0.463 e. The van der Waals surface area contributed by atoms with Crippen molar-refractivity contribution in [2.75, 3.05) is 0 Å². The molecule has 3 rings (SSSR count). The molecule has 2 aromatic carbocycles. The second kappa shape index (κ2) is 7.27. The van der Waals surface area contributed by atoms with E-state index in [2.05, 4.69) is 29.4 Å². The minimum Gasteiger partial charge on any atom is -0.463 e. The van der Waals surface area contributed by atoms with Crippen molar-refractivity contribution in [3.8, 4) is 0 Å². The van der Waals surface area contributed by atoms with Crippen molar-refractivity contribution in [1.29, 1.82) is 0 Å². The number of nitrogens with zero attached hydrogens (tertiary/aromatic N) is 2. The molecule has 110 valence electrons. The number of hydrogen-bond acceptors (Lipinski definition) is 3. The molecule has 0 aliphatic carbocycles. The fraction of sp³-hybridized carbons (Fsp3) is 0.105. The fourth-order valence-electron chi connectivity index (χ4n) is 2.23. The minimum absolute atomic E-state index is 0.756. The molecule has 22 heavy (non-hydrogen) atoms. The lowest BCUT2D eigenvalue weighted by Gasteiger charge is -2.19. The molecule has 0 unspecified atom stereocenters. The molecule has 0 radical (unpaired) electrons. The van der Waals surface area contributed by atoms with Crippen molar-refractivity contribution in [3.63, 3.8) is 0 Å². The van der Waals surface area contributed by atoms with Crippen LogP contribution < -0.4 is 0 Å². The lowest BCUT2D eigenvalue weighted by Crippen LogP contribution is -2.16. The third-order valence-corrected chi connectivity index (χ3v) is 3.31. The lowest BCUT2D eigenvalue weighted by atomic mass is 10.2. The van der Waals surface area contributed by atoms with Gasteiger partial charge in [-0.15, -0.1) is 0 Å². The molecule has 3 aromatic rings.